The van der Waals surface area contributed by atoms with Gasteiger partial charge in [0.15, 0.2) is 0 Å². The van der Waals surface area contributed by atoms with E-state index in [-0.39, 0.29) is 5.82 Å². The van der Waals surface area contributed by atoms with Crippen molar-refractivity contribution in [3.05, 3.63) is 35.6 Å². The minimum Gasteiger partial charge on any atom is -0.314 e. The zero-order chi connectivity index (χ0) is 13.8. The third-order valence-electron chi connectivity index (χ3n) is 4.74. The average molecular weight is 276 g/mol. The molecule has 0 unspecified atom stereocenters. The molecular formula is C17H25FN2. The van der Waals surface area contributed by atoms with Gasteiger partial charge in [0, 0.05) is 6.04 Å². The summed E-state index contributed by atoms with van der Waals surface area (Å²) in [6.07, 6.45) is 6.33. The molecule has 0 radical (unpaired) electrons. The lowest BCUT2D eigenvalue weighted by Crippen LogP contribution is -2.41. The van der Waals surface area contributed by atoms with Crippen LogP contribution in [0.3, 0.4) is 0 Å². The zero-order valence-electron chi connectivity index (χ0n) is 12.2. The fourth-order valence-corrected chi connectivity index (χ4v) is 3.43. The Kier molecular flexibility index (Phi) is 4.69. The number of hydrogen-bond acceptors (Lipinski definition) is 2. The van der Waals surface area contributed by atoms with Crippen LogP contribution in [0, 0.1) is 5.82 Å². The maximum Gasteiger partial charge on any atom is 0.123 e. The largest absolute Gasteiger partial charge is 0.314 e. The molecule has 2 fully saturated rings. The average Bonchev–Trinajstić information content (AvgIpc) is 2.89. The van der Waals surface area contributed by atoms with Gasteiger partial charge in [-0.1, -0.05) is 12.1 Å². The summed E-state index contributed by atoms with van der Waals surface area (Å²) in [5.74, 6) is 0.450. The molecular weight excluding hydrogens is 251 g/mol. The van der Waals surface area contributed by atoms with Gasteiger partial charge in [-0.05, 0) is 81.9 Å². The Balaban J connectivity index is 1.30. The van der Waals surface area contributed by atoms with Crippen molar-refractivity contribution in [2.45, 2.75) is 44.1 Å². The highest BCUT2D eigenvalue weighted by Gasteiger charge is 2.29. The van der Waals surface area contributed by atoms with E-state index in [0.717, 1.165) is 19.4 Å². The molecule has 2 aliphatic rings. The van der Waals surface area contributed by atoms with Crippen molar-refractivity contribution in [2.75, 3.05) is 26.2 Å². The minimum absolute atomic E-state index is 0.107. The molecule has 1 aromatic rings. The summed E-state index contributed by atoms with van der Waals surface area (Å²) in [4.78, 5) is 2.57. The lowest BCUT2D eigenvalue weighted by Gasteiger charge is -2.36. The third kappa shape index (κ3) is 3.58. The van der Waals surface area contributed by atoms with Crippen LogP contribution < -0.4 is 5.32 Å². The Hall–Kier alpha value is -0.930. The van der Waals surface area contributed by atoms with Gasteiger partial charge in [0.1, 0.15) is 5.82 Å². The second kappa shape index (κ2) is 6.68. The maximum absolute atomic E-state index is 13.2. The number of nitrogens with zero attached hydrogens (tertiary/aromatic N) is 1. The highest BCUT2D eigenvalue weighted by atomic mass is 19.1. The van der Waals surface area contributed by atoms with Crippen molar-refractivity contribution >= 4 is 0 Å². The van der Waals surface area contributed by atoms with Crippen LogP contribution in [0.25, 0.3) is 0 Å². The fraction of sp³-hybridized carbons (Fsp3) is 0.647. The molecule has 0 bridgehead atoms. The molecule has 20 heavy (non-hydrogen) atoms. The van der Waals surface area contributed by atoms with Crippen molar-refractivity contribution in [1.29, 1.82) is 0 Å². The summed E-state index contributed by atoms with van der Waals surface area (Å²) in [6, 6.07) is 7.73. The van der Waals surface area contributed by atoms with Crippen LogP contribution in [0.15, 0.2) is 24.3 Å². The van der Waals surface area contributed by atoms with Crippen LogP contribution in [0.4, 0.5) is 4.39 Å². The Morgan fingerprint density at radius 2 is 2.00 bits per heavy atom. The Morgan fingerprint density at radius 1 is 1.20 bits per heavy atom. The molecule has 3 heteroatoms. The molecule has 0 aromatic heterocycles. The quantitative estimate of drug-likeness (QED) is 0.803. The number of hydrogen-bond donors (Lipinski definition) is 1. The first-order chi connectivity index (χ1) is 9.81. The van der Waals surface area contributed by atoms with E-state index < -0.39 is 0 Å². The van der Waals surface area contributed by atoms with E-state index in [0.29, 0.717) is 12.0 Å². The van der Waals surface area contributed by atoms with E-state index in [1.807, 2.05) is 6.07 Å². The molecule has 0 spiro atoms. The topological polar surface area (TPSA) is 15.3 Å². The summed E-state index contributed by atoms with van der Waals surface area (Å²) in [5.41, 5.74) is 1.17. The molecule has 1 saturated heterocycles. The van der Waals surface area contributed by atoms with E-state index in [4.69, 9.17) is 0 Å². The fourth-order valence-electron chi connectivity index (χ4n) is 3.43. The van der Waals surface area contributed by atoms with Crippen LogP contribution in [-0.4, -0.2) is 37.1 Å². The van der Waals surface area contributed by atoms with Crippen LogP contribution in [0.5, 0.6) is 0 Å². The van der Waals surface area contributed by atoms with E-state index in [1.165, 1.54) is 50.5 Å². The van der Waals surface area contributed by atoms with Crippen molar-refractivity contribution in [1.82, 2.24) is 10.2 Å². The first-order valence-corrected chi connectivity index (χ1v) is 8.02. The van der Waals surface area contributed by atoms with E-state index in [2.05, 4.69) is 16.3 Å². The Bertz CT molecular complexity index is 423. The normalized spacial score (nSPS) is 26.6. The number of halogens is 1. The highest BCUT2D eigenvalue weighted by Crippen LogP contribution is 2.36. The van der Waals surface area contributed by atoms with Gasteiger partial charge in [-0.25, -0.2) is 4.39 Å². The van der Waals surface area contributed by atoms with Gasteiger partial charge in [0.05, 0.1) is 0 Å². The second-order valence-corrected chi connectivity index (χ2v) is 6.28. The van der Waals surface area contributed by atoms with Gasteiger partial charge in [0.2, 0.25) is 0 Å². The van der Waals surface area contributed by atoms with Crippen LogP contribution in [-0.2, 0) is 0 Å². The molecule has 0 atom stereocenters. The summed E-state index contributed by atoms with van der Waals surface area (Å²) in [5, 5.41) is 3.64. The minimum atomic E-state index is -0.107. The van der Waals surface area contributed by atoms with Gasteiger partial charge in [0.25, 0.3) is 0 Å². The molecule has 1 aromatic carbocycles. The molecule has 1 N–H and O–H groups in total. The standard InChI is InChI=1S/C17H25FN2/c18-16-6-3-5-14(11-16)15-12-17(13-15)19-7-4-10-20-8-1-2-9-20/h3,5-6,11,15,17,19H,1-2,4,7-10,12-13H2. The SMILES string of the molecule is Fc1cccc(C2CC(NCCCN3CCCC3)C2)c1. The summed E-state index contributed by atoms with van der Waals surface area (Å²) in [6.45, 7) is 4.96. The van der Waals surface area contributed by atoms with Gasteiger partial charge in [-0.2, -0.15) is 0 Å². The lowest BCUT2D eigenvalue weighted by atomic mass is 9.76. The Morgan fingerprint density at radius 3 is 2.75 bits per heavy atom. The molecule has 0 amide bonds. The predicted molar refractivity (Wildman–Crippen MR) is 80.5 cm³/mol. The molecule has 1 heterocycles. The van der Waals surface area contributed by atoms with Crippen LogP contribution >= 0.6 is 0 Å². The van der Waals surface area contributed by atoms with E-state index >= 15 is 0 Å². The lowest BCUT2D eigenvalue weighted by molar-refractivity contribution is 0.277. The van der Waals surface area contributed by atoms with Crippen molar-refractivity contribution in [3.63, 3.8) is 0 Å². The van der Waals surface area contributed by atoms with Gasteiger partial charge < -0.3 is 10.2 Å². The molecule has 1 aliphatic heterocycles. The molecule has 1 saturated carbocycles. The van der Waals surface area contributed by atoms with Crippen molar-refractivity contribution < 1.29 is 4.39 Å². The van der Waals surface area contributed by atoms with Crippen LogP contribution in [0.1, 0.15) is 43.6 Å². The van der Waals surface area contributed by atoms with Gasteiger partial charge in [-0.3, -0.25) is 0 Å². The summed E-state index contributed by atoms with van der Waals surface area (Å²) < 4.78 is 13.2. The van der Waals surface area contributed by atoms with E-state index in [1.54, 1.807) is 6.07 Å². The Labute approximate surface area is 121 Å². The second-order valence-electron chi connectivity index (χ2n) is 6.28. The molecule has 1 aliphatic carbocycles. The smallest absolute Gasteiger partial charge is 0.123 e. The zero-order valence-corrected chi connectivity index (χ0v) is 12.2. The first-order valence-electron chi connectivity index (χ1n) is 8.02. The van der Waals surface area contributed by atoms with Crippen LogP contribution in [0.2, 0.25) is 0 Å². The molecule has 110 valence electrons. The molecule has 3 rings (SSSR count). The predicted octanol–water partition coefficient (Wildman–Crippen LogP) is 3.15. The van der Waals surface area contributed by atoms with Crippen molar-refractivity contribution in [3.8, 4) is 0 Å². The van der Waals surface area contributed by atoms with E-state index in [9.17, 15) is 4.39 Å². The first kappa shape index (κ1) is 14.0. The third-order valence-corrected chi connectivity index (χ3v) is 4.74. The molecule has 2 nitrogen and oxygen atoms in total. The maximum atomic E-state index is 13.2. The van der Waals surface area contributed by atoms with Crippen molar-refractivity contribution in [2.24, 2.45) is 0 Å². The number of likely N-dealkylation sites (tertiary alicyclic amines) is 1. The number of rotatable bonds is 6. The van der Waals surface area contributed by atoms with Gasteiger partial charge >= 0.3 is 0 Å². The highest BCUT2D eigenvalue weighted by molar-refractivity contribution is 5.23. The number of benzene rings is 1. The summed E-state index contributed by atoms with van der Waals surface area (Å²) >= 11 is 0. The number of nitrogens with one attached hydrogen (secondary N) is 1. The van der Waals surface area contributed by atoms with Gasteiger partial charge in [-0.15, -0.1) is 0 Å². The summed E-state index contributed by atoms with van der Waals surface area (Å²) in [7, 11) is 0. The monoisotopic (exact) mass is 276 g/mol.